The SMILES string of the molecule is Cc1ccc(Cl)cc1NC(=O)CNC(=O)CNC(=O)c1ccco1. The highest BCUT2D eigenvalue weighted by Gasteiger charge is 2.11. The third-order valence-electron chi connectivity index (χ3n) is 3.07. The van der Waals surface area contributed by atoms with E-state index in [1.165, 1.54) is 12.3 Å². The second kappa shape index (κ2) is 8.16. The van der Waals surface area contributed by atoms with Gasteiger partial charge in [-0.1, -0.05) is 17.7 Å². The molecule has 3 amide bonds. The van der Waals surface area contributed by atoms with Crippen molar-refractivity contribution in [1.29, 1.82) is 0 Å². The van der Waals surface area contributed by atoms with E-state index < -0.39 is 17.7 Å². The predicted octanol–water partition coefficient (Wildman–Crippen LogP) is 1.73. The van der Waals surface area contributed by atoms with Gasteiger partial charge in [0.2, 0.25) is 11.8 Å². The number of furan rings is 1. The molecule has 24 heavy (non-hydrogen) atoms. The zero-order valence-corrected chi connectivity index (χ0v) is 13.6. The monoisotopic (exact) mass is 349 g/mol. The van der Waals surface area contributed by atoms with E-state index >= 15 is 0 Å². The zero-order valence-electron chi connectivity index (χ0n) is 12.9. The predicted molar refractivity (Wildman–Crippen MR) is 88.9 cm³/mol. The van der Waals surface area contributed by atoms with Crippen LogP contribution in [0, 0.1) is 6.92 Å². The number of aryl methyl sites for hydroxylation is 1. The van der Waals surface area contributed by atoms with E-state index in [1.807, 2.05) is 6.92 Å². The van der Waals surface area contributed by atoms with E-state index in [9.17, 15) is 14.4 Å². The van der Waals surface area contributed by atoms with E-state index in [0.29, 0.717) is 10.7 Å². The Kier molecular flexibility index (Phi) is 5.97. The first-order valence-electron chi connectivity index (χ1n) is 7.10. The minimum absolute atomic E-state index is 0.108. The number of hydrogen-bond donors (Lipinski definition) is 3. The number of benzene rings is 1. The molecule has 0 aliphatic carbocycles. The van der Waals surface area contributed by atoms with Gasteiger partial charge in [-0.15, -0.1) is 0 Å². The highest BCUT2D eigenvalue weighted by Crippen LogP contribution is 2.19. The number of hydrogen-bond acceptors (Lipinski definition) is 4. The Balaban J connectivity index is 1.74. The molecule has 0 aliphatic heterocycles. The van der Waals surface area contributed by atoms with Crippen molar-refractivity contribution in [3.8, 4) is 0 Å². The van der Waals surface area contributed by atoms with Gasteiger partial charge in [-0.25, -0.2) is 0 Å². The summed E-state index contributed by atoms with van der Waals surface area (Å²) in [5.74, 6) is -1.29. The molecule has 1 aromatic carbocycles. The summed E-state index contributed by atoms with van der Waals surface area (Å²) >= 11 is 5.87. The Bertz CT molecular complexity index is 744. The van der Waals surface area contributed by atoms with Crippen LogP contribution in [-0.2, 0) is 9.59 Å². The number of carbonyl (C=O) groups excluding carboxylic acids is 3. The number of rotatable bonds is 6. The average molecular weight is 350 g/mol. The molecule has 0 saturated carbocycles. The van der Waals surface area contributed by atoms with Crippen LogP contribution in [0.5, 0.6) is 0 Å². The molecule has 1 aromatic heterocycles. The van der Waals surface area contributed by atoms with Crippen molar-refractivity contribution in [1.82, 2.24) is 10.6 Å². The Morgan fingerprint density at radius 1 is 1.08 bits per heavy atom. The molecule has 2 aromatic rings. The van der Waals surface area contributed by atoms with Crippen LogP contribution >= 0.6 is 11.6 Å². The summed E-state index contributed by atoms with van der Waals surface area (Å²) < 4.78 is 4.89. The Morgan fingerprint density at radius 3 is 2.54 bits per heavy atom. The van der Waals surface area contributed by atoms with Crippen molar-refractivity contribution in [3.05, 3.63) is 52.9 Å². The maximum atomic E-state index is 11.8. The van der Waals surface area contributed by atoms with Gasteiger partial charge in [-0.2, -0.15) is 0 Å². The normalized spacial score (nSPS) is 10.1. The zero-order chi connectivity index (χ0) is 17.5. The molecule has 7 nitrogen and oxygen atoms in total. The molecule has 0 bridgehead atoms. The van der Waals surface area contributed by atoms with Gasteiger partial charge in [0.25, 0.3) is 5.91 Å². The first kappa shape index (κ1) is 17.6. The molecule has 0 radical (unpaired) electrons. The fourth-order valence-corrected chi connectivity index (χ4v) is 1.99. The molecule has 0 atom stereocenters. The lowest BCUT2D eigenvalue weighted by Crippen LogP contribution is -2.40. The maximum absolute atomic E-state index is 11.8. The molecule has 0 aliphatic rings. The van der Waals surface area contributed by atoms with Crippen LogP contribution in [0.15, 0.2) is 41.0 Å². The van der Waals surface area contributed by atoms with Crippen LogP contribution in [0.2, 0.25) is 5.02 Å². The van der Waals surface area contributed by atoms with Crippen molar-refractivity contribution in [2.75, 3.05) is 18.4 Å². The Labute approximate surface area is 143 Å². The summed E-state index contributed by atoms with van der Waals surface area (Å²) in [5.41, 5.74) is 1.43. The van der Waals surface area contributed by atoms with Gasteiger partial charge in [-0.3, -0.25) is 14.4 Å². The van der Waals surface area contributed by atoms with Crippen molar-refractivity contribution in [3.63, 3.8) is 0 Å². The van der Waals surface area contributed by atoms with Crippen molar-refractivity contribution in [2.45, 2.75) is 6.92 Å². The van der Waals surface area contributed by atoms with Crippen LogP contribution in [0.4, 0.5) is 5.69 Å². The van der Waals surface area contributed by atoms with E-state index in [2.05, 4.69) is 16.0 Å². The molecule has 0 spiro atoms. The summed E-state index contributed by atoms with van der Waals surface area (Å²) in [6.45, 7) is 1.35. The third-order valence-corrected chi connectivity index (χ3v) is 3.31. The Hall–Kier alpha value is -2.80. The van der Waals surface area contributed by atoms with E-state index in [1.54, 1.807) is 24.3 Å². The van der Waals surface area contributed by atoms with Gasteiger partial charge in [0.15, 0.2) is 5.76 Å². The van der Waals surface area contributed by atoms with E-state index in [0.717, 1.165) is 5.56 Å². The van der Waals surface area contributed by atoms with Gasteiger partial charge in [0, 0.05) is 10.7 Å². The van der Waals surface area contributed by atoms with Crippen LogP contribution in [-0.4, -0.2) is 30.8 Å². The van der Waals surface area contributed by atoms with E-state index in [-0.39, 0.29) is 18.8 Å². The second-order valence-corrected chi connectivity index (χ2v) is 5.38. The van der Waals surface area contributed by atoms with Crippen molar-refractivity contribution < 1.29 is 18.8 Å². The summed E-state index contributed by atoms with van der Waals surface area (Å²) in [6, 6.07) is 8.17. The molecule has 126 valence electrons. The standard InChI is InChI=1S/C16H16ClN3O4/c1-10-4-5-11(17)7-12(10)20-15(22)9-18-14(21)8-19-16(23)13-3-2-6-24-13/h2-7H,8-9H2,1H3,(H,18,21)(H,19,23)(H,20,22). The molecular formula is C16H16ClN3O4. The first-order valence-corrected chi connectivity index (χ1v) is 7.48. The van der Waals surface area contributed by atoms with Crippen LogP contribution in [0.3, 0.4) is 0 Å². The highest BCUT2D eigenvalue weighted by atomic mass is 35.5. The van der Waals surface area contributed by atoms with Crippen molar-refractivity contribution in [2.24, 2.45) is 0 Å². The van der Waals surface area contributed by atoms with Gasteiger partial charge >= 0.3 is 0 Å². The lowest BCUT2D eigenvalue weighted by atomic mass is 10.2. The molecule has 1 heterocycles. The molecule has 0 saturated heterocycles. The number of nitrogens with one attached hydrogen (secondary N) is 3. The number of amides is 3. The third kappa shape index (κ3) is 5.13. The molecule has 2 rings (SSSR count). The lowest BCUT2D eigenvalue weighted by molar-refractivity contribution is -0.123. The average Bonchev–Trinajstić information content (AvgIpc) is 3.08. The van der Waals surface area contributed by atoms with Gasteiger partial charge in [0.1, 0.15) is 0 Å². The van der Waals surface area contributed by atoms with Crippen LogP contribution in [0.25, 0.3) is 0 Å². The number of carbonyl (C=O) groups is 3. The summed E-state index contributed by atoms with van der Waals surface area (Å²) in [5, 5.41) is 7.94. The van der Waals surface area contributed by atoms with Gasteiger partial charge in [-0.05, 0) is 36.8 Å². The quantitative estimate of drug-likeness (QED) is 0.739. The fraction of sp³-hybridized carbons (Fsp3) is 0.188. The van der Waals surface area contributed by atoms with Crippen LogP contribution in [0.1, 0.15) is 16.1 Å². The summed E-state index contributed by atoms with van der Waals surface area (Å²) in [7, 11) is 0. The maximum Gasteiger partial charge on any atom is 0.287 e. The summed E-state index contributed by atoms with van der Waals surface area (Å²) in [4.78, 5) is 35.1. The minimum atomic E-state index is -0.505. The minimum Gasteiger partial charge on any atom is -0.459 e. The molecule has 8 heteroatoms. The number of anilines is 1. The molecule has 3 N–H and O–H groups in total. The molecular weight excluding hydrogens is 334 g/mol. The van der Waals surface area contributed by atoms with Crippen LogP contribution < -0.4 is 16.0 Å². The Morgan fingerprint density at radius 2 is 1.83 bits per heavy atom. The van der Waals surface area contributed by atoms with E-state index in [4.69, 9.17) is 16.0 Å². The largest absolute Gasteiger partial charge is 0.459 e. The summed E-state index contributed by atoms with van der Waals surface area (Å²) in [6.07, 6.45) is 1.36. The highest BCUT2D eigenvalue weighted by molar-refractivity contribution is 6.31. The first-order chi connectivity index (χ1) is 11.5. The number of halogens is 1. The fourth-order valence-electron chi connectivity index (χ4n) is 1.82. The topological polar surface area (TPSA) is 100 Å². The molecule has 0 unspecified atom stereocenters. The lowest BCUT2D eigenvalue weighted by Gasteiger charge is -2.10. The van der Waals surface area contributed by atoms with Crippen molar-refractivity contribution >= 4 is 35.0 Å². The van der Waals surface area contributed by atoms with Gasteiger partial charge < -0.3 is 20.4 Å². The smallest absolute Gasteiger partial charge is 0.287 e. The second-order valence-electron chi connectivity index (χ2n) is 4.94. The molecule has 0 fully saturated rings. The van der Waals surface area contributed by atoms with Gasteiger partial charge in [0.05, 0.1) is 19.4 Å².